The van der Waals surface area contributed by atoms with Crippen LogP contribution in [0, 0.1) is 0 Å². The first-order valence-corrected chi connectivity index (χ1v) is 20.2. The Morgan fingerprint density at radius 3 is 1.93 bits per heavy atom. The number of fused-ring (bicyclic) bond motifs is 7. The molecule has 9 aromatic rings. The van der Waals surface area contributed by atoms with Gasteiger partial charge in [-0.3, -0.25) is 0 Å². The van der Waals surface area contributed by atoms with Crippen molar-refractivity contribution in [3.63, 3.8) is 0 Å². The zero-order chi connectivity index (χ0) is 37.2. The molecule has 1 aliphatic heterocycles. The lowest BCUT2D eigenvalue weighted by molar-refractivity contribution is 0.607. The van der Waals surface area contributed by atoms with Gasteiger partial charge in [0.25, 0.3) is 0 Å². The van der Waals surface area contributed by atoms with Gasteiger partial charge in [0.15, 0.2) is 0 Å². The second kappa shape index (κ2) is 13.0. The van der Waals surface area contributed by atoms with Crippen LogP contribution >= 0.6 is 11.3 Å². The molecule has 0 spiro atoms. The van der Waals surface area contributed by atoms with Gasteiger partial charge in [0.1, 0.15) is 0 Å². The smallest absolute Gasteiger partial charge is 0.0715 e. The minimum atomic E-state index is -0.191. The average Bonchev–Trinajstić information content (AvgIpc) is 3.76. The van der Waals surface area contributed by atoms with Crippen LogP contribution in [0.15, 0.2) is 200 Å². The zero-order valence-corrected chi connectivity index (χ0v) is 31.9. The van der Waals surface area contributed by atoms with Gasteiger partial charge in [-0.15, -0.1) is 11.3 Å². The highest BCUT2D eigenvalue weighted by Gasteiger charge is 2.45. The number of rotatable bonds is 6. The van der Waals surface area contributed by atoms with Gasteiger partial charge in [0, 0.05) is 53.9 Å². The van der Waals surface area contributed by atoms with E-state index in [1.807, 2.05) is 11.3 Å². The van der Waals surface area contributed by atoms with Crippen molar-refractivity contribution < 1.29 is 0 Å². The molecule has 2 heterocycles. The molecule has 0 bridgehead atoms. The maximum atomic E-state index is 2.57. The van der Waals surface area contributed by atoms with Gasteiger partial charge in [-0.2, -0.15) is 0 Å². The lowest BCUT2D eigenvalue weighted by atomic mass is 9.83. The molecule has 0 fully saturated rings. The minimum Gasteiger partial charge on any atom is -0.331 e. The molecule has 2 nitrogen and oxygen atoms in total. The Hall–Kier alpha value is -6.68. The third-order valence-electron chi connectivity index (χ3n) is 11.8. The SMILES string of the molecule is CC12CC=CC=C1c1cc(-c3ccc(N(c4ccccc4)c4ccccc4)c4ccccc34)ccc1N2c1ccc(-c2ccc3sc4ccccc4c3c2)cc1. The fourth-order valence-corrected chi connectivity index (χ4v) is 10.3. The number of para-hydroxylation sites is 2. The van der Waals surface area contributed by atoms with E-state index in [0.717, 1.165) is 23.5 Å². The van der Waals surface area contributed by atoms with Crippen molar-refractivity contribution in [1.29, 1.82) is 0 Å². The van der Waals surface area contributed by atoms with Crippen LogP contribution in [0.3, 0.4) is 0 Å². The second-order valence-corrected chi connectivity index (χ2v) is 16.2. The van der Waals surface area contributed by atoms with Crippen molar-refractivity contribution in [2.24, 2.45) is 0 Å². The molecule has 1 atom stereocenters. The Kier molecular flexibility index (Phi) is 7.58. The van der Waals surface area contributed by atoms with E-state index in [2.05, 4.69) is 217 Å². The summed E-state index contributed by atoms with van der Waals surface area (Å²) in [5.74, 6) is 0. The van der Waals surface area contributed by atoms with E-state index < -0.39 is 0 Å². The third kappa shape index (κ3) is 5.16. The van der Waals surface area contributed by atoms with E-state index in [0.29, 0.717) is 0 Å². The summed E-state index contributed by atoms with van der Waals surface area (Å²) in [6, 6.07) is 66.8. The summed E-state index contributed by atoms with van der Waals surface area (Å²) >= 11 is 1.87. The van der Waals surface area contributed by atoms with Gasteiger partial charge < -0.3 is 9.80 Å². The van der Waals surface area contributed by atoms with Crippen molar-refractivity contribution in [1.82, 2.24) is 0 Å². The molecule has 56 heavy (non-hydrogen) atoms. The fraction of sp³-hybridized carbons (Fsp3) is 0.0566. The van der Waals surface area contributed by atoms with Crippen LogP contribution in [0.5, 0.6) is 0 Å². The summed E-state index contributed by atoms with van der Waals surface area (Å²) in [6.45, 7) is 2.40. The largest absolute Gasteiger partial charge is 0.331 e. The minimum absolute atomic E-state index is 0.191. The zero-order valence-electron chi connectivity index (χ0n) is 31.1. The molecule has 1 aliphatic carbocycles. The summed E-state index contributed by atoms with van der Waals surface area (Å²) < 4.78 is 2.68. The molecule has 0 amide bonds. The molecule has 2 aliphatic rings. The molecular weight excluding hydrogens is 697 g/mol. The number of allylic oxidation sites excluding steroid dienone is 2. The highest BCUT2D eigenvalue weighted by molar-refractivity contribution is 7.25. The molecular formula is C53H38N2S. The van der Waals surface area contributed by atoms with Crippen LogP contribution < -0.4 is 9.80 Å². The summed E-state index contributed by atoms with van der Waals surface area (Å²) in [5, 5.41) is 5.12. The lowest BCUT2D eigenvalue weighted by Gasteiger charge is -2.39. The van der Waals surface area contributed by atoms with Gasteiger partial charge in [0.2, 0.25) is 0 Å². The first kappa shape index (κ1) is 32.7. The topological polar surface area (TPSA) is 6.48 Å². The Morgan fingerprint density at radius 2 is 1.16 bits per heavy atom. The van der Waals surface area contributed by atoms with E-state index in [4.69, 9.17) is 0 Å². The number of hydrogen-bond acceptors (Lipinski definition) is 3. The predicted molar refractivity (Wildman–Crippen MR) is 241 cm³/mol. The molecule has 1 aromatic heterocycles. The third-order valence-corrected chi connectivity index (χ3v) is 13.0. The number of hydrogen-bond donors (Lipinski definition) is 0. The molecule has 266 valence electrons. The van der Waals surface area contributed by atoms with Gasteiger partial charge in [-0.05, 0) is 119 Å². The first-order valence-electron chi connectivity index (χ1n) is 19.4. The van der Waals surface area contributed by atoms with Crippen LogP contribution in [-0.2, 0) is 0 Å². The summed E-state index contributed by atoms with van der Waals surface area (Å²) in [6.07, 6.45) is 7.82. The van der Waals surface area contributed by atoms with Crippen molar-refractivity contribution in [2.75, 3.05) is 9.80 Å². The molecule has 0 radical (unpaired) electrons. The molecule has 1 unspecified atom stereocenters. The maximum absolute atomic E-state index is 2.57. The Bertz CT molecular complexity index is 2970. The normalized spacial score (nSPS) is 15.9. The standard InChI is InChI=1S/C53H38N2S/c1-53-33-13-12-21-48(53)47-35-38(42-29-31-49(44-19-9-8-18-43(42)44)54(39-14-4-2-5-15-39)40-16-6-3-7-17-40)25-30-50(47)55(53)41-27-23-36(24-28-41)37-26-32-52-46(34-37)45-20-10-11-22-51(45)56-52/h2-32,34-35H,33H2,1H3. The Morgan fingerprint density at radius 1 is 0.518 bits per heavy atom. The molecule has 0 saturated heterocycles. The maximum Gasteiger partial charge on any atom is 0.0715 e. The second-order valence-electron chi connectivity index (χ2n) is 15.1. The van der Waals surface area contributed by atoms with E-state index >= 15 is 0 Å². The van der Waals surface area contributed by atoms with Crippen LogP contribution in [0.1, 0.15) is 18.9 Å². The molecule has 8 aromatic carbocycles. The predicted octanol–water partition coefficient (Wildman–Crippen LogP) is 15.3. The van der Waals surface area contributed by atoms with E-state index in [1.165, 1.54) is 75.7 Å². The van der Waals surface area contributed by atoms with Gasteiger partial charge in [0.05, 0.1) is 11.2 Å². The lowest BCUT2D eigenvalue weighted by Crippen LogP contribution is -2.40. The van der Waals surface area contributed by atoms with E-state index in [1.54, 1.807) is 0 Å². The number of benzene rings is 8. The van der Waals surface area contributed by atoms with Crippen molar-refractivity contribution >= 4 is 76.3 Å². The first-order chi connectivity index (χ1) is 27.6. The van der Waals surface area contributed by atoms with Crippen LogP contribution in [0.25, 0.3) is 58.8 Å². The number of thiophene rings is 1. The summed E-state index contributed by atoms with van der Waals surface area (Å²) in [7, 11) is 0. The van der Waals surface area contributed by atoms with Gasteiger partial charge >= 0.3 is 0 Å². The number of anilines is 5. The van der Waals surface area contributed by atoms with Crippen molar-refractivity contribution in [3.05, 3.63) is 206 Å². The molecule has 0 N–H and O–H groups in total. The summed E-state index contributed by atoms with van der Waals surface area (Å²) in [5.41, 5.74) is 13.3. The highest BCUT2D eigenvalue weighted by atomic mass is 32.1. The monoisotopic (exact) mass is 734 g/mol. The van der Waals surface area contributed by atoms with Crippen LogP contribution in [0.2, 0.25) is 0 Å². The van der Waals surface area contributed by atoms with Crippen LogP contribution in [-0.4, -0.2) is 5.54 Å². The van der Waals surface area contributed by atoms with Crippen molar-refractivity contribution in [2.45, 2.75) is 18.9 Å². The Labute approximate surface area is 331 Å². The highest BCUT2D eigenvalue weighted by Crippen LogP contribution is 2.55. The van der Waals surface area contributed by atoms with E-state index in [9.17, 15) is 0 Å². The molecule has 3 heteroatoms. The van der Waals surface area contributed by atoms with E-state index in [-0.39, 0.29) is 5.54 Å². The average molecular weight is 735 g/mol. The van der Waals surface area contributed by atoms with Gasteiger partial charge in [-0.25, -0.2) is 0 Å². The van der Waals surface area contributed by atoms with Crippen LogP contribution in [0.4, 0.5) is 28.4 Å². The molecule has 0 saturated carbocycles. The quantitative estimate of drug-likeness (QED) is 0.168. The number of nitrogens with zero attached hydrogens (tertiary/aromatic N) is 2. The molecule has 11 rings (SSSR count). The Balaban J connectivity index is 0.992. The fourth-order valence-electron chi connectivity index (χ4n) is 9.17. The van der Waals surface area contributed by atoms with Gasteiger partial charge in [-0.1, -0.05) is 127 Å². The summed E-state index contributed by atoms with van der Waals surface area (Å²) in [4.78, 5) is 4.94. The van der Waals surface area contributed by atoms with Crippen molar-refractivity contribution in [3.8, 4) is 22.3 Å².